The zero-order chi connectivity index (χ0) is 7.78. The van der Waals surface area contributed by atoms with Crippen molar-refractivity contribution in [1.82, 2.24) is 0 Å². The molecule has 0 aliphatic carbocycles. The Labute approximate surface area is 72.9 Å². The highest BCUT2D eigenvalue weighted by molar-refractivity contribution is 8.15. The molecule has 0 amide bonds. The highest BCUT2D eigenvalue weighted by Crippen LogP contribution is 2.56. The Kier molecular flexibility index (Phi) is 2.46. The minimum atomic E-state index is -3.03. The Balaban J connectivity index is 3.08. The molecular weight excluding hydrogens is 210 g/mol. The van der Waals surface area contributed by atoms with E-state index in [1.807, 2.05) is 12.3 Å². The maximum Gasteiger partial charge on any atom is 0.291 e. The first-order chi connectivity index (χ1) is 4.50. The molecule has 0 radical (unpaired) electrons. The molecule has 1 rings (SSSR count). The molecule has 0 atom stereocenters. The summed E-state index contributed by atoms with van der Waals surface area (Å²) in [5.41, 5.74) is 1.04. The van der Waals surface area contributed by atoms with Crippen LogP contribution in [-0.4, -0.2) is 0 Å². The van der Waals surface area contributed by atoms with Crippen molar-refractivity contribution in [3.63, 3.8) is 0 Å². The molecule has 0 aliphatic rings. The van der Waals surface area contributed by atoms with Gasteiger partial charge in [-0.2, -0.15) is 0 Å². The summed E-state index contributed by atoms with van der Waals surface area (Å²) in [6, 6.07) is 1.74. The predicted molar refractivity (Wildman–Crippen MR) is 48.0 cm³/mol. The van der Waals surface area contributed by atoms with Crippen molar-refractivity contribution in [2.24, 2.45) is 0 Å². The van der Waals surface area contributed by atoms with Crippen molar-refractivity contribution >= 4 is 44.3 Å². The molecule has 0 N–H and O–H groups in total. The van der Waals surface area contributed by atoms with E-state index in [0.29, 0.717) is 4.62 Å². The maximum absolute atomic E-state index is 11.0. The summed E-state index contributed by atoms with van der Waals surface area (Å²) in [6.45, 7) is 1.91. The Morgan fingerprint density at radius 1 is 1.60 bits per heavy atom. The van der Waals surface area contributed by atoms with Crippen LogP contribution in [0.25, 0.3) is 0 Å². The van der Waals surface area contributed by atoms with Crippen molar-refractivity contribution in [2.75, 3.05) is 0 Å². The number of thiophene rings is 1. The lowest BCUT2D eigenvalue weighted by Crippen LogP contribution is -1.85. The topological polar surface area (TPSA) is 17.1 Å². The van der Waals surface area contributed by atoms with Gasteiger partial charge < -0.3 is 0 Å². The van der Waals surface area contributed by atoms with E-state index in [0.717, 1.165) is 5.56 Å². The zero-order valence-electron chi connectivity index (χ0n) is 5.17. The van der Waals surface area contributed by atoms with Crippen LogP contribution in [0.1, 0.15) is 5.56 Å². The van der Waals surface area contributed by atoms with Crippen molar-refractivity contribution in [1.29, 1.82) is 0 Å². The Morgan fingerprint density at radius 3 is 2.40 bits per heavy atom. The molecule has 1 aromatic rings. The molecule has 1 heterocycles. The summed E-state index contributed by atoms with van der Waals surface area (Å²) in [5.74, 6) is -3.03. The molecule has 0 spiro atoms. The summed E-state index contributed by atoms with van der Waals surface area (Å²) in [6.07, 6.45) is 0. The lowest BCUT2D eigenvalue weighted by Gasteiger charge is -1.93. The molecule has 0 saturated carbocycles. The lowest BCUT2D eigenvalue weighted by atomic mass is 10.4. The number of hydrogen-bond donors (Lipinski definition) is 0. The average molecular weight is 215 g/mol. The van der Waals surface area contributed by atoms with E-state index >= 15 is 0 Å². The van der Waals surface area contributed by atoms with Crippen molar-refractivity contribution in [2.45, 2.75) is 6.92 Å². The first-order valence-electron chi connectivity index (χ1n) is 2.55. The van der Waals surface area contributed by atoms with Gasteiger partial charge in [-0.15, -0.1) is 11.3 Å². The third-order valence-corrected chi connectivity index (χ3v) is 5.25. The standard InChI is InChI=1S/C5H5Cl2OPS/c1-4-2-5(10-3-4)9(6,7)8/h2-3H,1H3. The smallest absolute Gasteiger partial charge is 0.283 e. The summed E-state index contributed by atoms with van der Waals surface area (Å²) in [5, 5.41) is 1.87. The summed E-state index contributed by atoms with van der Waals surface area (Å²) < 4.78 is 11.5. The van der Waals surface area contributed by atoms with E-state index in [-0.39, 0.29) is 0 Å². The van der Waals surface area contributed by atoms with Gasteiger partial charge in [-0.25, -0.2) is 0 Å². The summed E-state index contributed by atoms with van der Waals surface area (Å²) >= 11 is 12.1. The van der Waals surface area contributed by atoms with Crippen LogP contribution in [0.5, 0.6) is 0 Å². The third-order valence-electron chi connectivity index (χ3n) is 0.973. The van der Waals surface area contributed by atoms with E-state index in [1.54, 1.807) is 6.07 Å². The fourth-order valence-corrected chi connectivity index (χ4v) is 3.19. The highest BCUT2D eigenvalue weighted by atomic mass is 35.9. The van der Waals surface area contributed by atoms with Gasteiger partial charge in [0.2, 0.25) is 0 Å². The Hall–Kier alpha value is 0.510. The molecule has 5 heteroatoms. The minimum Gasteiger partial charge on any atom is -0.283 e. The number of rotatable bonds is 1. The van der Waals surface area contributed by atoms with Gasteiger partial charge in [-0.1, -0.05) is 0 Å². The number of hydrogen-bond acceptors (Lipinski definition) is 2. The van der Waals surface area contributed by atoms with E-state index in [4.69, 9.17) is 22.5 Å². The van der Waals surface area contributed by atoms with Crippen LogP contribution in [0.2, 0.25) is 0 Å². The molecule has 0 aromatic carbocycles. The maximum atomic E-state index is 11.0. The highest BCUT2D eigenvalue weighted by Gasteiger charge is 2.18. The monoisotopic (exact) mass is 214 g/mol. The van der Waals surface area contributed by atoms with Gasteiger partial charge in [-0.3, -0.25) is 4.57 Å². The predicted octanol–water partition coefficient (Wildman–Crippen LogP) is 3.35. The SMILES string of the molecule is Cc1csc(P(=O)(Cl)Cl)c1. The van der Waals surface area contributed by atoms with Crippen LogP contribution in [-0.2, 0) is 4.57 Å². The third kappa shape index (κ3) is 2.00. The van der Waals surface area contributed by atoms with Gasteiger partial charge in [0.25, 0.3) is 5.85 Å². The van der Waals surface area contributed by atoms with Crippen LogP contribution >= 0.6 is 39.7 Å². The second-order valence-corrected chi connectivity index (χ2v) is 7.92. The summed E-state index contributed by atoms with van der Waals surface area (Å²) in [4.78, 5) is 0. The molecule has 0 unspecified atom stereocenters. The molecule has 0 aliphatic heterocycles. The van der Waals surface area contributed by atoms with E-state index in [1.165, 1.54) is 11.3 Å². The molecule has 1 nitrogen and oxygen atoms in total. The fourth-order valence-electron chi connectivity index (χ4n) is 0.553. The van der Waals surface area contributed by atoms with Crippen LogP contribution in [0.4, 0.5) is 0 Å². The minimum absolute atomic E-state index is 0.563. The van der Waals surface area contributed by atoms with Crippen molar-refractivity contribution in [3.05, 3.63) is 17.0 Å². The normalized spacial score (nSPS) is 11.9. The van der Waals surface area contributed by atoms with Crippen LogP contribution in [0, 0.1) is 6.92 Å². The van der Waals surface area contributed by atoms with Gasteiger partial charge in [0.15, 0.2) is 0 Å². The van der Waals surface area contributed by atoms with Gasteiger partial charge >= 0.3 is 0 Å². The molecular formula is C5H5Cl2OPS. The average Bonchev–Trinajstić information content (AvgIpc) is 2.11. The van der Waals surface area contributed by atoms with E-state index in [9.17, 15) is 4.57 Å². The van der Waals surface area contributed by atoms with E-state index < -0.39 is 5.85 Å². The molecule has 0 fully saturated rings. The van der Waals surface area contributed by atoms with Crippen molar-refractivity contribution < 1.29 is 4.57 Å². The first kappa shape index (κ1) is 8.61. The molecule has 56 valence electrons. The van der Waals surface area contributed by atoms with Gasteiger partial charge in [0.05, 0.1) is 4.62 Å². The number of aryl methyl sites for hydroxylation is 1. The van der Waals surface area contributed by atoms with Crippen molar-refractivity contribution in [3.8, 4) is 0 Å². The van der Waals surface area contributed by atoms with Crippen LogP contribution < -0.4 is 4.62 Å². The second-order valence-electron chi connectivity index (χ2n) is 1.92. The fraction of sp³-hybridized carbons (Fsp3) is 0.200. The largest absolute Gasteiger partial charge is 0.291 e. The van der Waals surface area contributed by atoms with Gasteiger partial charge in [0.1, 0.15) is 0 Å². The van der Waals surface area contributed by atoms with Crippen LogP contribution in [0.3, 0.4) is 0 Å². The molecule has 0 bridgehead atoms. The Bertz CT molecular complexity index is 277. The first-order valence-corrected chi connectivity index (χ1v) is 6.95. The van der Waals surface area contributed by atoms with Gasteiger partial charge in [0, 0.05) is 0 Å². The molecule has 10 heavy (non-hydrogen) atoms. The van der Waals surface area contributed by atoms with E-state index in [2.05, 4.69) is 0 Å². The van der Waals surface area contributed by atoms with Crippen LogP contribution in [0.15, 0.2) is 11.4 Å². The Morgan fingerprint density at radius 2 is 2.20 bits per heavy atom. The quantitative estimate of drug-likeness (QED) is 0.656. The molecule has 0 saturated heterocycles. The number of halogens is 2. The molecule has 1 aromatic heterocycles. The second kappa shape index (κ2) is 2.86. The summed E-state index contributed by atoms with van der Waals surface area (Å²) in [7, 11) is 0. The zero-order valence-corrected chi connectivity index (χ0v) is 8.40. The lowest BCUT2D eigenvalue weighted by molar-refractivity contribution is 0.598. The van der Waals surface area contributed by atoms with Gasteiger partial charge in [-0.05, 0) is 46.4 Å².